The van der Waals surface area contributed by atoms with Crippen LogP contribution in [-0.4, -0.2) is 15.6 Å². The van der Waals surface area contributed by atoms with Crippen LogP contribution in [-0.2, 0) is 0 Å². The molecule has 0 fully saturated rings. The molecule has 1 heterocycles. The van der Waals surface area contributed by atoms with Gasteiger partial charge in [0.2, 0.25) is 0 Å². The summed E-state index contributed by atoms with van der Waals surface area (Å²) in [6.45, 7) is 1.64. The third kappa shape index (κ3) is 2.07. The Balaban J connectivity index is 2.86. The minimum absolute atomic E-state index is 0.0125. The maximum absolute atomic E-state index is 11.7. The van der Waals surface area contributed by atoms with E-state index in [0.717, 1.165) is 17.4 Å². The van der Waals surface area contributed by atoms with Crippen molar-refractivity contribution in [3.8, 4) is 0 Å². The second-order valence-electron chi connectivity index (χ2n) is 3.97. The molecule has 2 aromatic rings. The molecule has 1 aromatic carbocycles. The number of ketones is 1. The van der Waals surface area contributed by atoms with Crippen molar-refractivity contribution in [1.82, 2.24) is 0 Å². The quantitative estimate of drug-likeness (QED) is 0.524. The van der Waals surface area contributed by atoms with Crippen molar-refractivity contribution >= 4 is 44.3 Å². The lowest BCUT2D eigenvalue weighted by molar-refractivity contribution is -0.393. The van der Waals surface area contributed by atoms with E-state index >= 15 is 0 Å². The van der Waals surface area contributed by atoms with Gasteiger partial charge < -0.3 is 5.73 Å². The summed E-state index contributed by atoms with van der Waals surface area (Å²) in [5, 5.41) is 21.9. The number of rotatable bonds is 4. The Hall–Kier alpha value is -2.55. The standard InChI is InChI=1S/C11H9N3O5S/c1-2-7(15)11-10(12)9-6(14(18)19)3-5(13(16)17)4-8(9)20-11/h3-4H,2,12H2,1H3. The molecule has 0 amide bonds. The Morgan fingerprint density at radius 3 is 2.45 bits per heavy atom. The Bertz CT molecular complexity index is 752. The minimum atomic E-state index is -0.737. The highest BCUT2D eigenvalue weighted by Gasteiger charge is 2.26. The lowest BCUT2D eigenvalue weighted by Crippen LogP contribution is -1.99. The summed E-state index contributed by atoms with van der Waals surface area (Å²) >= 11 is 0.936. The number of nitrogens with two attached hydrogens (primary N) is 1. The number of anilines is 1. The highest BCUT2D eigenvalue weighted by molar-refractivity contribution is 7.21. The van der Waals surface area contributed by atoms with Crippen LogP contribution in [0.4, 0.5) is 17.1 Å². The van der Waals surface area contributed by atoms with Gasteiger partial charge in [-0.1, -0.05) is 6.92 Å². The number of carbonyl (C=O) groups excluding carboxylic acids is 1. The van der Waals surface area contributed by atoms with E-state index in [1.807, 2.05) is 0 Å². The number of nitrogen functional groups attached to an aromatic ring is 1. The molecule has 9 heteroatoms. The zero-order valence-electron chi connectivity index (χ0n) is 10.3. The maximum Gasteiger partial charge on any atom is 0.287 e. The molecule has 0 atom stereocenters. The van der Waals surface area contributed by atoms with Crippen LogP contribution in [0.1, 0.15) is 23.0 Å². The number of benzene rings is 1. The number of non-ortho nitro benzene ring substituents is 2. The fourth-order valence-electron chi connectivity index (χ4n) is 1.83. The average Bonchev–Trinajstić information content (AvgIpc) is 2.74. The fraction of sp³-hybridized carbons (Fsp3) is 0.182. The molecule has 0 radical (unpaired) electrons. The lowest BCUT2D eigenvalue weighted by Gasteiger charge is -1.97. The van der Waals surface area contributed by atoms with Gasteiger partial charge in [-0.05, 0) is 0 Å². The topological polar surface area (TPSA) is 129 Å². The molecule has 2 N–H and O–H groups in total. The zero-order valence-corrected chi connectivity index (χ0v) is 11.1. The van der Waals surface area contributed by atoms with Crippen LogP contribution in [0, 0.1) is 20.2 Å². The molecule has 0 aliphatic heterocycles. The van der Waals surface area contributed by atoms with E-state index in [0.29, 0.717) is 0 Å². The summed E-state index contributed by atoms with van der Waals surface area (Å²) in [5.41, 5.74) is 4.95. The second-order valence-corrected chi connectivity index (χ2v) is 5.03. The van der Waals surface area contributed by atoms with Crippen molar-refractivity contribution in [1.29, 1.82) is 0 Å². The van der Waals surface area contributed by atoms with Crippen LogP contribution in [0.25, 0.3) is 10.1 Å². The van der Waals surface area contributed by atoms with Gasteiger partial charge in [-0.15, -0.1) is 11.3 Å². The first-order valence-electron chi connectivity index (χ1n) is 5.54. The number of thiophene rings is 1. The SMILES string of the molecule is CCC(=O)c1sc2cc([N+](=O)[O-])cc([N+](=O)[O-])c2c1N. The molecule has 0 aliphatic carbocycles. The minimum Gasteiger partial charge on any atom is -0.397 e. The number of nitro benzene ring substituents is 2. The van der Waals surface area contributed by atoms with Gasteiger partial charge >= 0.3 is 0 Å². The van der Waals surface area contributed by atoms with Gasteiger partial charge in [-0.2, -0.15) is 0 Å². The summed E-state index contributed by atoms with van der Waals surface area (Å²) < 4.78 is 0.264. The molecule has 8 nitrogen and oxygen atoms in total. The van der Waals surface area contributed by atoms with E-state index in [4.69, 9.17) is 5.73 Å². The summed E-state index contributed by atoms with van der Waals surface area (Å²) in [4.78, 5) is 32.3. The molecular formula is C11H9N3O5S. The van der Waals surface area contributed by atoms with E-state index < -0.39 is 21.2 Å². The summed E-state index contributed by atoms with van der Waals surface area (Å²) in [5.74, 6) is -0.249. The first kappa shape index (κ1) is 13.9. The number of Topliss-reactive ketones (excluding diaryl/α,β-unsaturated/α-hetero) is 1. The van der Waals surface area contributed by atoms with Crippen LogP contribution in [0.3, 0.4) is 0 Å². The Morgan fingerprint density at radius 2 is 1.95 bits per heavy atom. The molecule has 0 bridgehead atoms. The van der Waals surface area contributed by atoms with Crippen molar-refractivity contribution < 1.29 is 14.6 Å². The number of nitro groups is 2. The molecule has 104 valence electrons. The predicted molar refractivity (Wildman–Crippen MR) is 74.2 cm³/mol. The van der Waals surface area contributed by atoms with Crippen molar-refractivity contribution in [2.24, 2.45) is 0 Å². The van der Waals surface area contributed by atoms with E-state index in [1.165, 1.54) is 6.07 Å². The number of hydrogen-bond donors (Lipinski definition) is 1. The average molecular weight is 295 g/mol. The third-order valence-corrected chi connectivity index (χ3v) is 3.97. The highest BCUT2D eigenvalue weighted by Crippen LogP contribution is 2.42. The maximum atomic E-state index is 11.7. The number of hydrogen-bond acceptors (Lipinski definition) is 7. The molecule has 0 saturated carbocycles. The number of nitrogens with zero attached hydrogens (tertiary/aromatic N) is 2. The monoisotopic (exact) mass is 295 g/mol. The first-order valence-corrected chi connectivity index (χ1v) is 6.36. The van der Waals surface area contributed by atoms with Gasteiger partial charge in [0.25, 0.3) is 11.4 Å². The van der Waals surface area contributed by atoms with Crippen molar-refractivity contribution in [2.75, 3.05) is 5.73 Å². The Morgan fingerprint density at radius 1 is 1.30 bits per heavy atom. The van der Waals surface area contributed by atoms with E-state index in [1.54, 1.807) is 6.92 Å². The predicted octanol–water partition coefficient (Wildman–Crippen LogP) is 2.89. The van der Waals surface area contributed by atoms with Crippen LogP contribution in [0.2, 0.25) is 0 Å². The summed E-state index contributed by atoms with van der Waals surface area (Å²) in [7, 11) is 0. The normalized spacial score (nSPS) is 10.7. The van der Waals surface area contributed by atoms with Gasteiger partial charge in [0, 0.05) is 12.5 Å². The molecule has 2 rings (SSSR count). The second kappa shape index (κ2) is 4.85. The van der Waals surface area contributed by atoms with E-state index in [2.05, 4.69) is 0 Å². The number of carbonyl (C=O) groups is 1. The van der Waals surface area contributed by atoms with Crippen LogP contribution >= 0.6 is 11.3 Å². The van der Waals surface area contributed by atoms with Gasteiger partial charge in [0.05, 0.1) is 36.6 Å². The van der Waals surface area contributed by atoms with Gasteiger partial charge in [-0.3, -0.25) is 25.0 Å². The van der Waals surface area contributed by atoms with E-state index in [-0.39, 0.29) is 32.9 Å². The Kier molecular flexibility index (Phi) is 3.36. The van der Waals surface area contributed by atoms with Gasteiger partial charge in [-0.25, -0.2) is 0 Å². The van der Waals surface area contributed by atoms with Crippen molar-refractivity contribution in [2.45, 2.75) is 13.3 Å². The Labute approximate surface area is 116 Å². The smallest absolute Gasteiger partial charge is 0.287 e. The summed E-state index contributed by atoms with van der Waals surface area (Å²) in [6.07, 6.45) is 0.201. The largest absolute Gasteiger partial charge is 0.397 e. The molecule has 0 spiro atoms. The number of fused-ring (bicyclic) bond motifs is 1. The molecule has 0 unspecified atom stereocenters. The van der Waals surface area contributed by atoms with Crippen LogP contribution < -0.4 is 5.73 Å². The molecule has 0 aliphatic rings. The van der Waals surface area contributed by atoms with E-state index in [9.17, 15) is 25.0 Å². The first-order chi connectivity index (χ1) is 9.36. The third-order valence-electron chi connectivity index (χ3n) is 2.77. The zero-order chi connectivity index (χ0) is 15.0. The summed E-state index contributed by atoms with van der Waals surface area (Å²) in [6, 6.07) is 2.04. The van der Waals surface area contributed by atoms with Crippen LogP contribution in [0.5, 0.6) is 0 Å². The molecule has 0 saturated heterocycles. The van der Waals surface area contributed by atoms with Crippen LogP contribution in [0.15, 0.2) is 12.1 Å². The lowest BCUT2D eigenvalue weighted by atomic mass is 10.1. The molecular weight excluding hydrogens is 286 g/mol. The van der Waals surface area contributed by atoms with Crippen molar-refractivity contribution in [3.05, 3.63) is 37.2 Å². The molecule has 20 heavy (non-hydrogen) atoms. The highest BCUT2D eigenvalue weighted by atomic mass is 32.1. The van der Waals surface area contributed by atoms with Gasteiger partial charge in [0.1, 0.15) is 0 Å². The van der Waals surface area contributed by atoms with Crippen molar-refractivity contribution in [3.63, 3.8) is 0 Å². The fourth-order valence-corrected chi connectivity index (χ4v) is 3.02. The van der Waals surface area contributed by atoms with Gasteiger partial charge in [0.15, 0.2) is 5.78 Å². The molecule has 1 aromatic heterocycles.